The van der Waals surface area contributed by atoms with Crippen molar-refractivity contribution in [3.8, 4) is 0 Å². The van der Waals surface area contributed by atoms with Crippen molar-refractivity contribution in [1.29, 1.82) is 0 Å². The zero-order chi connectivity index (χ0) is 13.2. The summed E-state index contributed by atoms with van der Waals surface area (Å²) in [5, 5.41) is 0. The number of hydrogen-bond donors (Lipinski definition) is 0. The van der Waals surface area contributed by atoms with Gasteiger partial charge in [0.25, 0.3) is 10.0 Å². The van der Waals surface area contributed by atoms with E-state index in [1.165, 1.54) is 4.31 Å². The molecule has 0 radical (unpaired) electrons. The Hall–Kier alpha value is 0.150. The quantitative estimate of drug-likeness (QED) is 0.793. The third kappa shape index (κ3) is 3.18. The molecular weight excluding hydrogens is 315 g/mol. The van der Waals surface area contributed by atoms with E-state index in [2.05, 4.69) is 4.90 Å². The molecule has 0 atom stereocenters. The van der Waals surface area contributed by atoms with Crippen LogP contribution in [0.1, 0.15) is 0 Å². The van der Waals surface area contributed by atoms with Gasteiger partial charge in [-0.2, -0.15) is 4.31 Å². The average Bonchev–Trinajstić information content (AvgIpc) is 2.78. The van der Waals surface area contributed by atoms with Gasteiger partial charge in [0.1, 0.15) is 4.21 Å². The predicted molar refractivity (Wildman–Crippen MR) is 75.2 cm³/mol. The molecule has 1 saturated heterocycles. The van der Waals surface area contributed by atoms with E-state index in [4.69, 9.17) is 23.2 Å². The molecule has 18 heavy (non-hydrogen) atoms. The van der Waals surface area contributed by atoms with Crippen LogP contribution < -0.4 is 0 Å². The lowest BCUT2D eigenvalue weighted by Crippen LogP contribution is -2.48. The molecule has 0 aromatic carbocycles. The monoisotopic (exact) mass is 328 g/mol. The van der Waals surface area contributed by atoms with Crippen LogP contribution in [0.3, 0.4) is 0 Å². The Kier molecular flexibility index (Phi) is 4.91. The van der Waals surface area contributed by atoms with Gasteiger partial charge < -0.3 is 0 Å². The second-order valence-electron chi connectivity index (χ2n) is 3.99. The topological polar surface area (TPSA) is 40.6 Å². The van der Waals surface area contributed by atoms with E-state index in [1.54, 1.807) is 12.1 Å². The molecule has 2 rings (SSSR count). The van der Waals surface area contributed by atoms with Crippen LogP contribution in [0.2, 0.25) is 4.34 Å². The number of hydrogen-bond acceptors (Lipinski definition) is 4. The molecule has 1 aromatic heterocycles. The van der Waals surface area contributed by atoms with Crippen molar-refractivity contribution in [2.75, 3.05) is 38.6 Å². The molecule has 0 unspecified atom stereocenters. The second-order valence-corrected chi connectivity index (χ2v) is 8.25. The van der Waals surface area contributed by atoms with E-state index in [0.29, 0.717) is 27.5 Å². The standard InChI is InChI=1S/C10H14Cl2N2O2S2/c11-3-4-13-5-7-14(8-6-13)18(15,16)10-2-1-9(12)17-10/h1-2H,3-8H2. The molecule has 1 aliphatic rings. The highest BCUT2D eigenvalue weighted by atomic mass is 35.5. The minimum absolute atomic E-state index is 0.318. The Morgan fingerprint density at radius 1 is 1.22 bits per heavy atom. The third-order valence-electron chi connectivity index (χ3n) is 2.87. The van der Waals surface area contributed by atoms with Crippen LogP contribution in [0, 0.1) is 0 Å². The highest BCUT2D eigenvalue weighted by molar-refractivity contribution is 7.91. The summed E-state index contributed by atoms with van der Waals surface area (Å²) in [4.78, 5) is 2.17. The number of thiophene rings is 1. The van der Waals surface area contributed by atoms with Gasteiger partial charge in [-0.05, 0) is 12.1 Å². The average molecular weight is 329 g/mol. The number of nitrogens with zero attached hydrogens (tertiary/aromatic N) is 2. The van der Waals surface area contributed by atoms with E-state index in [9.17, 15) is 8.42 Å². The van der Waals surface area contributed by atoms with Crippen molar-refractivity contribution in [3.05, 3.63) is 16.5 Å². The number of sulfonamides is 1. The molecule has 0 spiro atoms. The Morgan fingerprint density at radius 3 is 2.39 bits per heavy atom. The molecule has 1 aliphatic heterocycles. The molecule has 0 saturated carbocycles. The molecule has 102 valence electrons. The van der Waals surface area contributed by atoms with Gasteiger partial charge in [-0.3, -0.25) is 4.90 Å². The summed E-state index contributed by atoms with van der Waals surface area (Å²) in [6.07, 6.45) is 0. The first kappa shape index (κ1) is 14.6. The summed E-state index contributed by atoms with van der Waals surface area (Å²) >= 11 is 12.6. The predicted octanol–water partition coefficient (Wildman–Crippen LogP) is 1.95. The van der Waals surface area contributed by atoms with Gasteiger partial charge >= 0.3 is 0 Å². The number of rotatable bonds is 4. The van der Waals surface area contributed by atoms with Crippen LogP contribution in [-0.2, 0) is 10.0 Å². The molecule has 1 fully saturated rings. The fraction of sp³-hybridized carbons (Fsp3) is 0.600. The molecule has 4 nitrogen and oxygen atoms in total. The van der Waals surface area contributed by atoms with Crippen molar-refractivity contribution in [2.24, 2.45) is 0 Å². The fourth-order valence-corrected chi connectivity index (χ4v) is 5.17. The summed E-state index contributed by atoms with van der Waals surface area (Å²) in [5.41, 5.74) is 0. The molecule has 0 amide bonds. The summed E-state index contributed by atoms with van der Waals surface area (Å²) in [6.45, 7) is 3.28. The first-order valence-corrected chi connectivity index (χ1v) is 8.75. The lowest BCUT2D eigenvalue weighted by atomic mass is 10.4. The van der Waals surface area contributed by atoms with E-state index in [-0.39, 0.29) is 0 Å². The van der Waals surface area contributed by atoms with Crippen molar-refractivity contribution in [3.63, 3.8) is 0 Å². The lowest BCUT2D eigenvalue weighted by Gasteiger charge is -2.33. The van der Waals surface area contributed by atoms with Crippen LogP contribution in [-0.4, -0.2) is 56.2 Å². The van der Waals surface area contributed by atoms with Gasteiger partial charge in [0, 0.05) is 38.6 Å². The lowest BCUT2D eigenvalue weighted by molar-refractivity contribution is 0.197. The van der Waals surface area contributed by atoms with Gasteiger partial charge in [-0.25, -0.2) is 8.42 Å². The van der Waals surface area contributed by atoms with Crippen LogP contribution in [0.4, 0.5) is 0 Å². The van der Waals surface area contributed by atoms with Crippen molar-refractivity contribution in [1.82, 2.24) is 9.21 Å². The Labute approximate surface area is 121 Å². The summed E-state index contributed by atoms with van der Waals surface area (Å²) in [6, 6.07) is 3.18. The fourth-order valence-electron chi connectivity index (χ4n) is 1.88. The van der Waals surface area contributed by atoms with Gasteiger partial charge in [0.15, 0.2) is 0 Å². The zero-order valence-corrected chi connectivity index (χ0v) is 12.8. The van der Waals surface area contributed by atoms with E-state index in [1.807, 2.05) is 0 Å². The SMILES string of the molecule is O=S(=O)(c1ccc(Cl)s1)N1CCN(CCCl)CC1. The van der Waals surface area contributed by atoms with Gasteiger partial charge in [-0.1, -0.05) is 11.6 Å². The van der Waals surface area contributed by atoms with E-state index in [0.717, 1.165) is 31.0 Å². The Bertz CT molecular complexity index is 496. The maximum atomic E-state index is 12.3. The maximum Gasteiger partial charge on any atom is 0.252 e. The number of alkyl halides is 1. The van der Waals surface area contributed by atoms with Crippen LogP contribution in [0.15, 0.2) is 16.3 Å². The van der Waals surface area contributed by atoms with E-state index >= 15 is 0 Å². The van der Waals surface area contributed by atoms with Crippen molar-refractivity contribution >= 4 is 44.6 Å². The maximum absolute atomic E-state index is 12.3. The minimum atomic E-state index is -3.37. The highest BCUT2D eigenvalue weighted by Crippen LogP contribution is 2.28. The smallest absolute Gasteiger partial charge is 0.252 e. The minimum Gasteiger partial charge on any atom is -0.300 e. The van der Waals surface area contributed by atoms with Crippen LogP contribution in [0.25, 0.3) is 0 Å². The molecule has 0 aliphatic carbocycles. The summed E-state index contributed by atoms with van der Waals surface area (Å²) in [7, 11) is -3.37. The molecule has 8 heteroatoms. The normalized spacial score (nSPS) is 19.2. The molecule has 0 N–H and O–H groups in total. The Balaban J connectivity index is 2.05. The van der Waals surface area contributed by atoms with Gasteiger partial charge in [0.2, 0.25) is 0 Å². The van der Waals surface area contributed by atoms with E-state index < -0.39 is 10.0 Å². The molecule has 1 aromatic rings. The molecule has 0 bridgehead atoms. The van der Waals surface area contributed by atoms with Crippen LogP contribution >= 0.6 is 34.5 Å². The number of piperazine rings is 1. The summed E-state index contributed by atoms with van der Waals surface area (Å²) in [5.74, 6) is 0.577. The Morgan fingerprint density at radius 2 is 1.89 bits per heavy atom. The van der Waals surface area contributed by atoms with Crippen molar-refractivity contribution < 1.29 is 8.42 Å². The van der Waals surface area contributed by atoms with Gasteiger partial charge in [0.05, 0.1) is 4.34 Å². The van der Waals surface area contributed by atoms with Gasteiger partial charge in [-0.15, -0.1) is 22.9 Å². The molecular formula is C10H14Cl2N2O2S2. The second kappa shape index (κ2) is 6.07. The van der Waals surface area contributed by atoms with Crippen molar-refractivity contribution in [2.45, 2.75) is 4.21 Å². The first-order valence-electron chi connectivity index (χ1n) is 5.58. The largest absolute Gasteiger partial charge is 0.300 e. The highest BCUT2D eigenvalue weighted by Gasteiger charge is 2.29. The number of halogens is 2. The zero-order valence-electron chi connectivity index (χ0n) is 9.68. The third-order valence-corrected chi connectivity index (χ3v) is 6.64. The first-order chi connectivity index (χ1) is 8.54. The summed E-state index contributed by atoms with van der Waals surface area (Å²) < 4.78 is 26.9. The molecule has 2 heterocycles. The van der Waals surface area contributed by atoms with Crippen LogP contribution in [0.5, 0.6) is 0 Å².